The number of ketones is 1. The Morgan fingerprint density at radius 1 is 1.03 bits per heavy atom. The van der Waals surface area contributed by atoms with Crippen LogP contribution < -0.4 is 0 Å². The van der Waals surface area contributed by atoms with Gasteiger partial charge < -0.3 is 4.74 Å². The normalized spacial score (nSPS) is 29.7. The lowest BCUT2D eigenvalue weighted by Gasteiger charge is -2.36. The second kappa shape index (κ2) is 12.6. The van der Waals surface area contributed by atoms with Gasteiger partial charge in [0.25, 0.3) is 0 Å². The molecular formula is C25H40F2O2. The van der Waals surface area contributed by atoms with E-state index in [0.717, 1.165) is 56.9 Å². The average molecular weight is 411 g/mol. The van der Waals surface area contributed by atoms with E-state index in [1.165, 1.54) is 44.3 Å². The molecule has 0 radical (unpaired) electrons. The van der Waals surface area contributed by atoms with Crippen LogP contribution in [0.4, 0.5) is 8.78 Å². The molecule has 2 aliphatic rings. The summed E-state index contributed by atoms with van der Waals surface area (Å²) >= 11 is 0. The summed E-state index contributed by atoms with van der Waals surface area (Å²) in [6.45, 7) is 4.58. The summed E-state index contributed by atoms with van der Waals surface area (Å²) in [6.07, 6.45) is 15.7. The van der Waals surface area contributed by atoms with Crippen LogP contribution in [-0.2, 0) is 9.53 Å². The Labute approximate surface area is 176 Å². The summed E-state index contributed by atoms with van der Waals surface area (Å²) in [6, 6.07) is 0. The van der Waals surface area contributed by atoms with E-state index in [4.69, 9.17) is 4.74 Å². The second-order valence-electron chi connectivity index (χ2n) is 8.99. The number of hydrogen-bond donors (Lipinski definition) is 0. The lowest BCUT2D eigenvalue weighted by molar-refractivity contribution is -0.147. The van der Waals surface area contributed by atoms with E-state index in [0.29, 0.717) is 0 Å². The van der Waals surface area contributed by atoms with Crippen molar-refractivity contribution in [2.75, 3.05) is 6.61 Å². The Morgan fingerprint density at radius 2 is 1.69 bits per heavy atom. The summed E-state index contributed by atoms with van der Waals surface area (Å²) in [5, 5.41) is 0. The first-order valence-electron chi connectivity index (χ1n) is 11.9. The molecule has 2 nitrogen and oxygen atoms in total. The minimum absolute atomic E-state index is 0.264. The average Bonchev–Trinajstić information content (AvgIpc) is 2.73. The Bertz CT molecular complexity index is 549. The van der Waals surface area contributed by atoms with Crippen LogP contribution in [0.3, 0.4) is 0 Å². The molecule has 0 saturated heterocycles. The first-order chi connectivity index (χ1) is 14.0. The van der Waals surface area contributed by atoms with Crippen LogP contribution >= 0.6 is 0 Å². The second-order valence-corrected chi connectivity index (χ2v) is 8.99. The van der Waals surface area contributed by atoms with Gasteiger partial charge in [-0.15, -0.1) is 0 Å². The third-order valence-corrected chi connectivity index (χ3v) is 6.65. The Kier molecular flexibility index (Phi) is 10.5. The molecule has 29 heavy (non-hydrogen) atoms. The van der Waals surface area contributed by atoms with Gasteiger partial charge in [-0.05, 0) is 43.3 Å². The number of alkyl halides is 1. The van der Waals surface area contributed by atoms with Crippen LogP contribution in [0.1, 0.15) is 97.3 Å². The first kappa shape index (κ1) is 24.2. The number of unbranched alkanes of at least 4 members (excludes halogenated alkanes) is 5. The van der Waals surface area contributed by atoms with Crippen molar-refractivity contribution in [3.05, 3.63) is 24.1 Å². The first-order valence-corrected chi connectivity index (χ1v) is 11.9. The van der Waals surface area contributed by atoms with Gasteiger partial charge in [-0.25, -0.2) is 8.78 Å². The number of allylic oxidation sites excluding steroid dienone is 2. The predicted molar refractivity (Wildman–Crippen MR) is 115 cm³/mol. The molecule has 2 rings (SSSR count). The maximum Gasteiger partial charge on any atom is 0.191 e. The van der Waals surface area contributed by atoms with Gasteiger partial charge in [0.2, 0.25) is 0 Å². The standard InChI is InChI=1S/C25H40F2O2/c1-3-5-7-8-11-20-13-15-21(16-14-20)19-23(28)25(29-18-9-6-4-2)17-10-12-22(26)24(25)27/h10,12,17,20-21,24H,3-9,11,13-16,18-19H2,1-2H3/t20-,21-,24?,25?. The fourth-order valence-electron chi connectivity index (χ4n) is 4.69. The summed E-state index contributed by atoms with van der Waals surface area (Å²) < 4.78 is 34.6. The number of ether oxygens (including phenoxy) is 1. The number of carbonyl (C=O) groups excluding carboxylic acids is 1. The largest absolute Gasteiger partial charge is 0.359 e. The Morgan fingerprint density at radius 3 is 2.38 bits per heavy atom. The zero-order valence-electron chi connectivity index (χ0n) is 18.4. The van der Waals surface area contributed by atoms with E-state index >= 15 is 0 Å². The van der Waals surface area contributed by atoms with E-state index in [9.17, 15) is 13.6 Å². The number of Topliss-reactive ketones (excluding diaryl/α,β-unsaturated/α-hetero) is 1. The van der Waals surface area contributed by atoms with Crippen LogP contribution in [0.15, 0.2) is 24.1 Å². The lowest BCUT2D eigenvalue weighted by atomic mass is 9.75. The summed E-state index contributed by atoms with van der Waals surface area (Å²) in [5.74, 6) is -0.180. The van der Waals surface area contributed by atoms with Gasteiger partial charge in [-0.2, -0.15) is 0 Å². The van der Waals surface area contributed by atoms with Gasteiger partial charge >= 0.3 is 0 Å². The summed E-state index contributed by atoms with van der Waals surface area (Å²) in [5.41, 5.74) is -1.77. The van der Waals surface area contributed by atoms with E-state index in [-0.39, 0.29) is 24.7 Å². The molecule has 1 fully saturated rings. The quantitative estimate of drug-likeness (QED) is 0.295. The van der Waals surface area contributed by atoms with Gasteiger partial charge in [-0.1, -0.05) is 77.7 Å². The number of rotatable bonds is 13. The molecule has 0 bridgehead atoms. The van der Waals surface area contributed by atoms with Gasteiger partial charge in [0.15, 0.2) is 17.6 Å². The van der Waals surface area contributed by atoms with Gasteiger partial charge in [-0.3, -0.25) is 4.79 Å². The van der Waals surface area contributed by atoms with E-state index < -0.39 is 17.6 Å². The summed E-state index contributed by atoms with van der Waals surface area (Å²) in [7, 11) is 0. The van der Waals surface area contributed by atoms with E-state index in [2.05, 4.69) is 13.8 Å². The lowest BCUT2D eigenvalue weighted by Crippen LogP contribution is -2.50. The third kappa shape index (κ3) is 7.01. The molecule has 166 valence electrons. The highest BCUT2D eigenvalue weighted by atomic mass is 19.2. The maximum atomic E-state index is 14.8. The molecule has 0 heterocycles. The third-order valence-electron chi connectivity index (χ3n) is 6.65. The van der Waals surface area contributed by atoms with Crippen molar-refractivity contribution in [3.8, 4) is 0 Å². The van der Waals surface area contributed by atoms with E-state index in [1.807, 2.05) is 0 Å². The van der Waals surface area contributed by atoms with Crippen molar-refractivity contribution in [3.63, 3.8) is 0 Å². The van der Waals surface area contributed by atoms with Crippen LogP contribution in [0, 0.1) is 11.8 Å². The van der Waals surface area contributed by atoms with E-state index in [1.54, 1.807) is 0 Å². The van der Waals surface area contributed by atoms with Crippen LogP contribution in [0.5, 0.6) is 0 Å². The van der Waals surface area contributed by atoms with Crippen LogP contribution in [0.2, 0.25) is 0 Å². The minimum Gasteiger partial charge on any atom is -0.359 e. The van der Waals surface area contributed by atoms with Crippen molar-refractivity contribution in [2.45, 2.75) is 109 Å². The molecule has 1 saturated carbocycles. The molecule has 4 heteroatoms. The molecule has 2 aliphatic carbocycles. The summed E-state index contributed by atoms with van der Waals surface area (Å²) in [4.78, 5) is 13.1. The van der Waals surface area contributed by atoms with Crippen molar-refractivity contribution >= 4 is 5.78 Å². The zero-order chi connectivity index (χ0) is 21.1. The number of halogens is 2. The van der Waals surface area contributed by atoms with Gasteiger partial charge in [0.1, 0.15) is 5.83 Å². The fourth-order valence-corrected chi connectivity index (χ4v) is 4.69. The molecule has 0 aromatic rings. The predicted octanol–water partition coefficient (Wildman–Crippen LogP) is 7.43. The van der Waals surface area contributed by atoms with Crippen molar-refractivity contribution in [2.24, 2.45) is 11.8 Å². The molecule has 0 N–H and O–H groups in total. The molecule has 2 atom stereocenters. The Hall–Kier alpha value is -1.03. The van der Waals surface area contributed by atoms with Crippen molar-refractivity contribution < 1.29 is 18.3 Å². The smallest absolute Gasteiger partial charge is 0.191 e. The molecule has 0 spiro atoms. The molecule has 0 aliphatic heterocycles. The van der Waals surface area contributed by atoms with Gasteiger partial charge in [0, 0.05) is 13.0 Å². The van der Waals surface area contributed by atoms with Crippen molar-refractivity contribution in [1.82, 2.24) is 0 Å². The van der Waals surface area contributed by atoms with Crippen molar-refractivity contribution in [1.29, 1.82) is 0 Å². The monoisotopic (exact) mass is 410 g/mol. The van der Waals surface area contributed by atoms with Crippen LogP contribution in [-0.4, -0.2) is 24.2 Å². The molecule has 0 aromatic carbocycles. The van der Waals surface area contributed by atoms with Crippen LogP contribution in [0.25, 0.3) is 0 Å². The molecule has 2 unspecified atom stereocenters. The number of carbonyl (C=O) groups is 1. The molecular weight excluding hydrogens is 370 g/mol. The zero-order valence-corrected chi connectivity index (χ0v) is 18.4. The maximum absolute atomic E-state index is 14.8. The highest BCUT2D eigenvalue weighted by Crippen LogP contribution is 2.38. The number of hydrogen-bond acceptors (Lipinski definition) is 2. The highest BCUT2D eigenvalue weighted by Gasteiger charge is 2.49. The molecule has 0 aromatic heterocycles. The fraction of sp³-hybridized carbons (Fsp3) is 0.800. The van der Waals surface area contributed by atoms with Gasteiger partial charge in [0.05, 0.1) is 0 Å². The SMILES string of the molecule is CCCCCC[C@H]1CC[C@H](CC(=O)C2(OCCCCC)C=CC=C(F)C2F)CC1. The Balaban J connectivity index is 1.88. The molecule has 0 amide bonds. The topological polar surface area (TPSA) is 26.3 Å². The highest BCUT2D eigenvalue weighted by molar-refractivity contribution is 5.91. The minimum atomic E-state index is -2.03.